The Balaban J connectivity index is 4.04. The summed E-state index contributed by atoms with van der Waals surface area (Å²) in [4.78, 5) is 22.0. The van der Waals surface area contributed by atoms with Gasteiger partial charge >= 0.3 is 5.97 Å². The Kier molecular flexibility index (Phi) is 8.07. The lowest BCUT2D eigenvalue weighted by Crippen LogP contribution is -2.30. The van der Waals surface area contributed by atoms with Gasteiger partial charge in [0.2, 0.25) is 5.91 Å². The van der Waals surface area contributed by atoms with Crippen LogP contribution in [0.5, 0.6) is 0 Å². The highest BCUT2D eigenvalue weighted by atomic mass is 32.2. The van der Waals surface area contributed by atoms with Crippen LogP contribution in [0.25, 0.3) is 0 Å². The number of ether oxygens (including phenoxy) is 1. The first-order chi connectivity index (χ1) is 7.45. The van der Waals surface area contributed by atoms with Crippen molar-refractivity contribution in [1.82, 2.24) is 5.32 Å². The van der Waals surface area contributed by atoms with Crippen LogP contribution in [-0.4, -0.2) is 36.5 Å². The van der Waals surface area contributed by atoms with E-state index in [0.29, 0.717) is 18.9 Å². The van der Waals surface area contributed by atoms with Crippen molar-refractivity contribution in [1.29, 1.82) is 0 Å². The third-order valence-corrected chi connectivity index (χ3v) is 3.53. The Bertz CT molecular complexity index is 231. The standard InChI is InChI=1S/C11H21NO3S/c1-8(2)7-16-10(5-11(14)15-4)6-12-9(3)13/h8,10H,5-7H2,1-4H3,(H,12,13). The zero-order valence-electron chi connectivity index (χ0n) is 10.4. The average molecular weight is 247 g/mol. The summed E-state index contributed by atoms with van der Waals surface area (Å²) in [5.74, 6) is 1.25. The minimum absolute atomic E-state index is 0.0694. The molecule has 0 aliphatic heterocycles. The van der Waals surface area contributed by atoms with Crippen molar-refractivity contribution in [2.45, 2.75) is 32.4 Å². The molecule has 5 heteroatoms. The van der Waals surface area contributed by atoms with Crippen LogP contribution in [0, 0.1) is 5.92 Å². The summed E-state index contributed by atoms with van der Waals surface area (Å²) in [7, 11) is 1.38. The van der Waals surface area contributed by atoms with E-state index >= 15 is 0 Å². The number of carbonyl (C=O) groups excluding carboxylic acids is 2. The summed E-state index contributed by atoms with van der Waals surface area (Å²) in [5, 5.41) is 2.83. The summed E-state index contributed by atoms with van der Waals surface area (Å²) in [6.45, 7) is 6.24. The van der Waals surface area contributed by atoms with Crippen LogP contribution in [0.2, 0.25) is 0 Å². The molecule has 1 N–H and O–H groups in total. The fraction of sp³-hybridized carbons (Fsp3) is 0.818. The van der Waals surface area contributed by atoms with Gasteiger partial charge in [-0.25, -0.2) is 0 Å². The van der Waals surface area contributed by atoms with Crippen molar-refractivity contribution in [2.75, 3.05) is 19.4 Å². The first-order valence-electron chi connectivity index (χ1n) is 5.38. The first kappa shape index (κ1) is 15.3. The molecule has 16 heavy (non-hydrogen) atoms. The zero-order chi connectivity index (χ0) is 12.6. The summed E-state index contributed by atoms with van der Waals surface area (Å²) >= 11 is 1.70. The van der Waals surface area contributed by atoms with Gasteiger partial charge in [0.15, 0.2) is 0 Å². The molecule has 0 aromatic rings. The highest BCUT2D eigenvalue weighted by Crippen LogP contribution is 2.18. The van der Waals surface area contributed by atoms with Crippen molar-refractivity contribution in [3.05, 3.63) is 0 Å². The highest BCUT2D eigenvalue weighted by molar-refractivity contribution is 7.99. The van der Waals surface area contributed by atoms with Gasteiger partial charge in [0, 0.05) is 18.7 Å². The number of hydrogen-bond donors (Lipinski definition) is 1. The van der Waals surface area contributed by atoms with Gasteiger partial charge in [0.25, 0.3) is 0 Å². The predicted molar refractivity (Wildman–Crippen MR) is 66.4 cm³/mol. The molecule has 1 atom stereocenters. The van der Waals surface area contributed by atoms with Crippen LogP contribution in [0.15, 0.2) is 0 Å². The molecule has 0 aliphatic carbocycles. The fourth-order valence-electron chi connectivity index (χ4n) is 1.05. The van der Waals surface area contributed by atoms with Crippen LogP contribution in [0.4, 0.5) is 0 Å². The third-order valence-electron chi connectivity index (χ3n) is 1.87. The molecule has 0 rings (SSSR count). The van der Waals surface area contributed by atoms with Gasteiger partial charge < -0.3 is 10.1 Å². The molecular formula is C11H21NO3S. The molecule has 0 saturated heterocycles. The lowest BCUT2D eigenvalue weighted by molar-refractivity contribution is -0.140. The van der Waals surface area contributed by atoms with Gasteiger partial charge in [0.1, 0.15) is 0 Å². The summed E-state index contributed by atoms with van der Waals surface area (Å²) in [6.07, 6.45) is 0.341. The molecule has 0 radical (unpaired) electrons. The number of thioether (sulfide) groups is 1. The highest BCUT2D eigenvalue weighted by Gasteiger charge is 2.15. The Morgan fingerprint density at radius 1 is 1.38 bits per heavy atom. The number of carbonyl (C=O) groups is 2. The Morgan fingerprint density at radius 2 is 2.00 bits per heavy atom. The number of hydrogen-bond acceptors (Lipinski definition) is 4. The summed E-state index contributed by atoms with van der Waals surface area (Å²) < 4.78 is 4.63. The largest absolute Gasteiger partial charge is 0.469 e. The third kappa shape index (κ3) is 8.59. The number of rotatable bonds is 7. The molecule has 94 valence electrons. The molecule has 0 bridgehead atoms. The van der Waals surface area contributed by atoms with Gasteiger partial charge in [-0.2, -0.15) is 11.8 Å². The second-order valence-corrected chi connectivity index (χ2v) is 5.40. The van der Waals surface area contributed by atoms with Crippen LogP contribution in [-0.2, 0) is 14.3 Å². The minimum atomic E-state index is -0.230. The van der Waals surface area contributed by atoms with E-state index < -0.39 is 0 Å². The van der Waals surface area contributed by atoms with Crippen LogP contribution in [0.3, 0.4) is 0 Å². The number of methoxy groups -OCH3 is 1. The van der Waals surface area contributed by atoms with Crippen LogP contribution >= 0.6 is 11.8 Å². The maximum atomic E-state index is 11.2. The zero-order valence-corrected chi connectivity index (χ0v) is 11.2. The number of nitrogens with one attached hydrogen (secondary N) is 1. The molecule has 0 aliphatic rings. The molecular weight excluding hydrogens is 226 g/mol. The van der Waals surface area contributed by atoms with Crippen LogP contribution < -0.4 is 5.32 Å². The van der Waals surface area contributed by atoms with Crippen LogP contribution in [0.1, 0.15) is 27.2 Å². The fourth-order valence-corrected chi connectivity index (χ4v) is 2.16. The van der Waals surface area contributed by atoms with E-state index in [0.717, 1.165) is 5.75 Å². The second kappa shape index (κ2) is 8.44. The molecule has 4 nitrogen and oxygen atoms in total. The Labute approximate surface area is 101 Å². The maximum Gasteiger partial charge on any atom is 0.306 e. The van der Waals surface area contributed by atoms with Gasteiger partial charge in [0.05, 0.1) is 13.5 Å². The first-order valence-corrected chi connectivity index (χ1v) is 6.43. The molecule has 1 unspecified atom stereocenters. The lowest BCUT2D eigenvalue weighted by Gasteiger charge is -2.16. The predicted octanol–water partition coefficient (Wildman–Crippen LogP) is 1.44. The number of esters is 1. The van der Waals surface area contributed by atoms with Crippen molar-refractivity contribution in [3.63, 3.8) is 0 Å². The average Bonchev–Trinajstić information content (AvgIpc) is 2.21. The van der Waals surface area contributed by atoms with E-state index in [1.54, 1.807) is 11.8 Å². The second-order valence-electron chi connectivity index (χ2n) is 4.07. The van der Waals surface area contributed by atoms with E-state index in [4.69, 9.17) is 0 Å². The molecule has 1 amide bonds. The quantitative estimate of drug-likeness (QED) is 0.692. The SMILES string of the molecule is COC(=O)CC(CNC(C)=O)SCC(C)C. The van der Waals surface area contributed by atoms with E-state index in [1.807, 2.05) is 0 Å². The number of amides is 1. The van der Waals surface area contributed by atoms with E-state index in [9.17, 15) is 9.59 Å². The Morgan fingerprint density at radius 3 is 2.44 bits per heavy atom. The van der Waals surface area contributed by atoms with Crippen molar-refractivity contribution < 1.29 is 14.3 Å². The topological polar surface area (TPSA) is 55.4 Å². The molecule has 0 saturated carbocycles. The van der Waals surface area contributed by atoms with Crippen molar-refractivity contribution in [2.24, 2.45) is 5.92 Å². The molecule has 0 heterocycles. The minimum Gasteiger partial charge on any atom is -0.469 e. The van der Waals surface area contributed by atoms with Gasteiger partial charge in [-0.15, -0.1) is 0 Å². The van der Waals surface area contributed by atoms with Gasteiger partial charge in [-0.1, -0.05) is 13.8 Å². The Hall–Kier alpha value is -0.710. The lowest BCUT2D eigenvalue weighted by atomic mass is 10.3. The van der Waals surface area contributed by atoms with E-state index in [2.05, 4.69) is 23.9 Å². The van der Waals surface area contributed by atoms with Crippen molar-refractivity contribution >= 4 is 23.6 Å². The van der Waals surface area contributed by atoms with E-state index in [-0.39, 0.29) is 17.1 Å². The molecule has 0 aromatic carbocycles. The van der Waals surface area contributed by atoms with E-state index in [1.165, 1.54) is 14.0 Å². The molecule has 0 fully saturated rings. The van der Waals surface area contributed by atoms with Gasteiger partial charge in [-0.3, -0.25) is 9.59 Å². The van der Waals surface area contributed by atoms with Gasteiger partial charge in [-0.05, 0) is 11.7 Å². The summed E-state index contributed by atoms with van der Waals surface area (Å²) in [5.41, 5.74) is 0. The van der Waals surface area contributed by atoms with Crippen molar-refractivity contribution in [3.8, 4) is 0 Å². The normalized spacial score (nSPS) is 12.3. The monoisotopic (exact) mass is 247 g/mol. The molecule has 0 aromatic heterocycles. The smallest absolute Gasteiger partial charge is 0.306 e. The summed E-state index contributed by atoms with van der Waals surface area (Å²) in [6, 6.07) is 0. The molecule has 0 spiro atoms. The maximum absolute atomic E-state index is 11.2.